The third-order valence-electron chi connectivity index (χ3n) is 5.56. The number of rotatable bonds is 6. The van der Waals surface area contributed by atoms with Gasteiger partial charge in [0.1, 0.15) is 18.1 Å². The van der Waals surface area contributed by atoms with Gasteiger partial charge in [0, 0.05) is 6.42 Å². The quantitative estimate of drug-likeness (QED) is 0.741. The molecule has 4 rings (SSSR count). The Bertz CT molecular complexity index is 876. The second kappa shape index (κ2) is 7.51. The van der Waals surface area contributed by atoms with Crippen LogP contribution in [-0.2, 0) is 26.0 Å². The van der Waals surface area contributed by atoms with Gasteiger partial charge in [-0.3, -0.25) is 4.79 Å². The summed E-state index contributed by atoms with van der Waals surface area (Å²) in [5, 5.41) is -0.606. The minimum Gasteiger partial charge on any atom is -0.368 e. The topological polar surface area (TPSA) is 75.7 Å². The van der Waals surface area contributed by atoms with Gasteiger partial charge >= 0.3 is 0 Å². The van der Waals surface area contributed by atoms with E-state index in [2.05, 4.69) is 4.72 Å². The lowest BCUT2D eigenvalue weighted by Crippen LogP contribution is -2.53. The number of nitrogens with one attached hydrogen (secondary N) is 1. The molecule has 1 unspecified atom stereocenters. The first-order chi connectivity index (χ1) is 13.3. The molecule has 1 amide bonds. The minimum atomic E-state index is -3.69. The van der Waals surface area contributed by atoms with Gasteiger partial charge in [-0.2, -0.15) is 0 Å². The SMILES string of the molecule is O=C(C1CCO1)N1C[C@H](F)[C@H](NS(=O)(=O)C2CC2)[C@@H]1Cc1cccc(Cl)c1F. The molecule has 4 atom stereocenters. The summed E-state index contributed by atoms with van der Waals surface area (Å²) in [6.07, 6.45) is -0.704. The monoisotopic (exact) mass is 434 g/mol. The number of likely N-dealkylation sites (tertiary alicyclic amines) is 1. The molecule has 1 aliphatic carbocycles. The number of hydrogen-bond donors (Lipinski definition) is 1. The second-order valence-electron chi connectivity index (χ2n) is 7.53. The van der Waals surface area contributed by atoms with Crippen molar-refractivity contribution in [2.45, 2.75) is 55.3 Å². The lowest BCUT2D eigenvalue weighted by Gasteiger charge is -2.34. The molecule has 2 saturated heterocycles. The fraction of sp³-hybridized carbons (Fsp3) is 0.611. The van der Waals surface area contributed by atoms with Crippen LogP contribution in [0.2, 0.25) is 5.02 Å². The number of halogens is 3. The highest BCUT2D eigenvalue weighted by molar-refractivity contribution is 7.90. The summed E-state index contributed by atoms with van der Waals surface area (Å²) in [5.74, 6) is -1.04. The largest absolute Gasteiger partial charge is 0.368 e. The molecule has 28 heavy (non-hydrogen) atoms. The lowest BCUT2D eigenvalue weighted by atomic mass is 9.99. The molecule has 0 spiro atoms. The summed E-state index contributed by atoms with van der Waals surface area (Å²) < 4.78 is 61.7. The van der Waals surface area contributed by atoms with E-state index in [-0.39, 0.29) is 23.6 Å². The number of alkyl halides is 1. The number of hydrogen-bond acceptors (Lipinski definition) is 4. The van der Waals surface area contributed by atoms with E-state index in [0.717, 1.165) is 0 Å². The molecule has 6 nitrogen and oxygen atoms in total. The number of carbonyl (C=O) groups excluding carboxylic acids is 1. The van der Waals surface area contributed by atoms with Gasteiger partial charge in [0.15, 0.2) is 0 Å². The predicted octanol–water partition coefficient (Wildman–Crippen LogP) is 1.81. The lowest BCUT2D eigenvalue weighted by molar-refractivity contribution is -0.157. The van der Waals surface area contributed by atoms with E-state index in [4.69, 9.17) is 16.3 Å². The minimum absolute atomic E-state index is 0.0525. The second-order valence-corrected chi connectivity index (χ2v) is 9.93. The van der Waals surface area contributed by atoms with E-state index >= 15 is 0 Å². The number of sulfonamides is 1. The van der Waals surface area contributed by atoms with Gasteiger partial charge in [-0.15, -0.1) is 0 Å². The Labute approximate surface area is 167 Å². The molecule has 0 bridgehead atoms. The molecule has 154 valence electrons. The van der Waals surface area contributed by atoms with Crippen LogP contribution in [0, 0.1) is 5.82 Å². The summed E-state index contributed by atoms with van der Waals surface area (Å²) in [7, 11) is -3.69. The van der Waals surface area contributed by atoms with Gasteiger partial charge < -0.3 is 9.64 Å². The Morgan fingerprint density at radius 2 is 2.04 bits per heavy atom. The molecule has 1 N–H and O–H groups in total. The molecule has 1 saturated carbocycles. The van der Waals surface area contributed by atoms with Crippen LogP contribution < -0.4 is 4.72 Å². The van der Waals surface area contributed by atoms with Gasteiger partial charge in [-0.25, -0.2) is 21.9 Å². The highest BCUT2D eigenvalue weighted by Crippen LogP contribution is 2.33. The van der Waals surface area contributed by atoms with Crippen LogP contribution in [-0.4, -0.2) is 62.0 Å². The Balaban J connectivity index is 1.63. The van der Waals surface area contributed by atoms with E-state index in [1.54, 1.807) is 6.07 Å². The van der Waals surface area contributed by atoms with Crippen molar-refractivity contribution in [1.82, 2.24) is 9.62 Å². The van der Waals surface area contributed by atoms with Crippen molar-refractivity contribution < 1.29 is 26.7 Å². The van der Waals surface area contributed by atoms with Crippen LogP contribution in [0.1, 0.15) is 24.8 Å². The zero-order valence-electron chi connectivity index (χ0n) is 15.0. The van der Waals surface area contributed by atoms with E-state index in [1.165, 1.54) is 17.0 Å². The van der Waals surface area contributed by atoms with Crippen LogP contribution in [0.4, 0.5) is 8.78 Å². The number of benzene rings is 1. The standard InChI is InChI=1S/C18H21ClF2N2O4S/c19-12-3-1-2-10(16(12)21)8-14-17(22-28(25,26)11-4-5-11)13(20)9-23(14)18(24)15-6-7-27-15/h1-3,11,13-15,17,22H,4-9H2/t13-,14-,15?,17-/m0/s1. The number of ether oxygens (including phenoxy) is 1. The van der Waals surface area contributed by atoms with Crippen LogP contribution in [0.15, 0.2) is 18.2 Å². The van der Waals surface area contributed by atoms with E-state index in [9.17, 15) is 22.0 Å². The van der Waals surface area contributed by atoms with Crippen molar-refractivity contribution in [3.05, 3.63) is 34.6 Å². The molecule has 1 aromatic rings. The van der Waals surface area contributed by atoms with Crippen molar-refractivity contribution in [3.63, 3.8) is 0 Å². The molecule has 0 aromatic heterocycles. The predicted molar refractivity (Wildman–Crippen MR) is 98.7 cm³/mol. The Kier molecular flexibility index (Phi) is 5.37. The first-order valence-electron chi connectivity index (χ1n) is 9.28. The van der Waals surface area contributed by atoms with Gasteiger partial charge in [0.25, 0.3) is 5.91 Å². The van der Waals surface area contributed by atoms with Crippen LogP contribution in [0.3, 0.4) is 0 Å². The van der Waals surface area contributed by atoms with Gasteiger partial charge in [0.2, 0.25) is 10.0 Å². The molecule has 3 aliphatic rings. The summed E-state index contributed by atoms with van der Waals surface area (Å²) in [6, 6.07) is 2.45. The summed E-state index contributed by atoms with van der Waals surface area (Å²) in [4.78, 5) is 14.0. The third-order valence-corrected chi connectivity index (χ3v) is 7.80. The zero-order chi connectivity index (χ0) is 20.1. The molecular formula is C18H21ClF2N2O4S. The zero-order valence-corrected chi connectivity index (χ0v) is 16.6. The molecule has 2 heterocycles. The van der Waals surface area contributed by atoms with Crippen molar-refractivity contribution >= 4 is 27.5 Å². The summed E-state index contributed by atoms with van der Waals surface area (Å²) in [5.41, 5.74) is 0.203. The molecule has 1 aromatic carbocycles. The van der Waals surface area contributed by atoms with Gasteiger partial charge in [-0.05, 0) is 30.9 Å². The first kappa shape index (κ1) is 20.0. The van der Waals surface area contributed by atoms with Crippen LogP contribution >= 0.6 is 11.6 Å². The van der Waals surface area contributed by atoms with Gasteiger partial charge in [0.05, 0.1) is 35.5 Å². The van der Waals surface area contributed by atoms with E-state index < -0.39 is 51.4 Å². The van der Waals surface area contributed by atoms with Crippen LogP contribution in [0.25, 0.3) is 0 Å². The highest BCUT2D eigenvalue weighted by Gasteiger charge is 2.50. The van der Waals surface area contributed by atoms with Crippen molar-refractivity contribution in [3.8, 4) is 0 Å². The Morgan fingerprint density at radius 1 is 1.32 bits per heavy atom. The molecule has 10 heteroatoms. The summed E-state index contributed by atoms with van der Waals surface area (Å²) in [6.45, 7) is 0.192. The molecule has 2 aliphatic heterocycles. The Morgan fingerprint density at radius 3 is 2.64 bits per heavy atom. The van der Waals surface area contributed by atoms with Crippen LogP contribution in [0.5, 0.6) is 0 Å². The number of amides is 1. The van der Waals surface area contributed by atoms with Crippen molar-refractivity contribution in [1.29, 1.82) is 0 Å². The third kappa shape index (κ3) is 3.77. The number of carbonyl (C=O) groups is 1. The Hall–Kier alpha value is -1.29. The fourth-order valence-corrected chi connectivity index (χ4v) is 5.55. The smallest absolute Gasteiger partial charge is 0.252 e. The number of nitrogens with zero attached hydrogens (tertiary/aromatic N) is 1. The maximum Gasteiger partial charge on any atom is 0.252 e. The molecule has 0 radical (unpaired) electrons. The average molecular weight is 435 g/mol. The van der Waals surface area contributed by atoms with Crippen molar-refractivity contribution in [2.75, 3.05) is 13.2 Å². The van der Waals surface area contributed by atoms with Gasteiger partial charge in [-0.1, -0.05) is 23.7 Å². The average Bonchev–Trinajstić information content (AvgIpc) is 3.40. The van der Waals surface area contributed by atoms with E-state index in [1.807, 2.05) is 0 Å². The molecule has 3 fully saturated rings. The maximum atomic E-state index is 14.8. The highest BCUT2D eigenvalue weighted by atomic mass is 35.5. The normalized spacial score (nSPS) is 30.3. The fourth-order valence-electron chi connectivity index (χ4n) is 3.73. The maximum absolute atomic E-state index is 14.8. The van der Waals surface area contributed by atoms with Crippen molar-refractivity contribution in [2.24, 2.45) is 0 Å². The molecular weight excluding hydrogens is 414 g/mol. The first-order valence-corrected chi connectivity index (χ1v) is 11.2. The van der Waals surface area contributed by atoms with E-state index in [0.29, 0.717) is 25.9 Å². The summed E-state index contributed by atoms with van der Waals surface area (Å²) >= 11 is 5.84.